The molecule has 0 radical (unpaired) electrons. The fourth-order valence-electron chi connectivity index (χ4n) is 3.19. The van der Waals surface area contributed by atoms with E-state index in [2.05, 4.69) is 65.3 Å². The molecule has 0 saturated heterocycles. The molecule has 1 aliphatic rings. The summed E-state index contributed by atoms with van der Waals surface area (Å²) in [6.07, 6.45) is 1.10. The number of nitrogens with zero attached hydrogens (tertiary/aromatic N) is 1. The lowest BCUT2D eigenvalue weighted by Crippen LogP contribution is -2.29. The molecule has 0 saturated carbocycles. The summed E-state index contributed by atoms with van der Waals surface area (Å²) in [7, 11) is 0. The van der Waals surface area contributed by atoms with Gasteiger partial charge in [0.15, 0.2) is 0 Å². The molecular weight excluding hydrogens is 244 g/mol. The van der Waals surface area contributed by atoms with Gasteiger partial charge in [-0.3, -0.25) is 0 Å². The van der Waals surface area contributed by atoms with Crippen LogP contribution >= 0.6 is 0 Å². The molecule has 2 aromatic carbocycles. The molecule has 4 rings (SSSR count). The van der Waals surface area contributed by atoms with Gasteiger partial charge in [0, 0.05) is 47.4 Å². The Morgan fingerprint density at radius 3 is 2.75 bits per heavy atom. The van der Waals surface area contributed by atoms with E-state index in [9.17, 15) is 0 Å². The van der Waals surface area contributed by atoms with Crippen LogP contribution in [0, 0.1) is 6.92 Å². The fourth-order valence-corrected chi connectivity index (χ4v) is 3.19. The van der Waals surface area contributed by atoms with Gasteiger partial charge < -0.3 is 9.88 Å². The number of anilines is 1. The first kappa shape index (κ1) is 11.6. The minimum absolute atomic E-state index is 1.00. The number of rotatable bonds is 1. The van der Waals surface area contributed by atoms with Crippen molar-refractivity contribution in [2.24, 2.45) is 0 Å². The number of aromatic nitrogens is 1. The summed E-state index contributed by atoms with van der Waals surface area (Å²) in [5.41, 5.74) is 6.81. The van der Waals surface area contributed by atoms with Crippen LogP contribution in [0.25, 0.3) is 10.9 Å². The number of hydrogen-bond acceptors (Lipinski definition) is 1. The van der Waals surface area contributed by atoms with E-state index in [1.807, 2.05) is 0 Å². The predicted molar refractivity (Wildman–Crippen MR) is 84.2 cm³/mol. The van der Waals surface area contributed by atoms with Gasteiger partial charge >= 0.3 is 0 Å². The highest BCUT2D eigenvalue weighted by Crippen LogP contribution is 2.30. The van der Waals surface area contributed by atoms with Crippen molar-refractivity contribution in [2.45, 2.75) is 19.9 Å². The summed E-state index contributed by atoms with van der Waals surface area (Å²) in [4.78, 5) is 6.06. The first-order valence-corrected chi connectivity index (χ1v) is 7.21. The lowest BCUT2D eigenvalue weighted by atomic mass is 10.0. The molecule has 0 atom stereocenters. The van der Waals surface area contributed by atoms with Crippen molar-refractivity contribution in [2.75, 3.05) is 11.4 Å². The molecule has 2 heterocycles. The Morgan fingerprint density at radius 2 is 1.90 bits per heavy atom. The zero-order valence-corrected chi connectivity index (χ0v) is 11.7. The number of hydrogen-bond donors (Lipinski definition) is 1. The molecular formula is C18H18N2. The average Bonchev–Trinajstić information content (AvgIpc) is 2.85. The topological polar surface area (TPSA) is 19.0 Å². The molecule has 0 bridgehead atoms. The van der Waals surface area contributed by atoms with E-state index in [0.717, 1.165) is 19.5 Å². The third-order valence-corrected chi connectivity index (χ3v) is 4.25. The number of aryl methyl sites for hydroxylation is 1. The Bertz CT molecular complexity index is 756. The quantitative estimate of drug-likeness (QED) is 0.701. The predicted octanol–water partition coefficient (Wildman–Crippen LogP) is 4.04. The van der Waals surface area contributed by atoms with E-state index in [-0.39, 0.29) is 0 Å². The number of aromatic amines is 1. The SMILES string of the molecule is Cc1ccc2[nH]c3c(c2c1)CN(c1ccccc1)CC3. The van der Waals surface area contributed by atoms with Gasteiger partial charge in [-0.2, -0.15) is 0 Å². The average molecular weight is 262 g/mol. The lowest BCUT2D eigenvalue weighted by Gasteiger charge is -2.29. The monoisotopic (exact) mass is 262 g/mol. The number of benzene rings is 2. The third-order valence-electron chi connectivity index (χ3n) is 4.25. The maximum atomic E-state index is 3.59. The smallest absolute Gasteiger partial charge is 0.0459 e. The second-order valence-corrected chi connectivity index (χ2v) is 5.64. The van der Waals surface area contributed by atoms with E-state index in [4.69, 9.17) is 0 Å². The standard InChI is InChI=1S/C18H18N2/c1-13-7-8-17-15(11-13)16-12-20(10-9-18(16)19-17)14-5-3-2-4-6-14/h2-8,11,19H,9-10,12H2,1H3. The normalized spacial score (nSPS) is 14.6. The van der Waals surface area contributed by atoms with Crippen LogP contribution in [-0.4, -0.2) is 11.5 Å². The molecule has 1 N–H and O–H groups in total. The highest BCUT2D eigenvalue weighted by atomic mass is 15.1. The molecule has 0 aliphatic carbocycles. The zero-order valence-electron chi connectivity index (χ0n) is 11.7. The van der Waals surface area contributed by atoms with Crippen LogP contribution in [-0.2, 0) is 13.0 Å². The minimum atomic E-state index is 1.00. The van der Waals surface area contributed by atoms with E-state index in [1.165, 1.54) is 33.4 Å². The van der Waals surface area contributed by atoms with E-state index in [1.54, 1.807) is 0 Å². The van der Waals surface area contributed by atoms with Crippen molar-refractivity contribution >= 4 is 16.6 Å². The molecule has 0 spiro atoms. The molecule has 2 heteroatoms. The highest BCUT2D eigenvalue weighted by molar-refractivity contribution is 5.86. The maximum absolute atomic E-state index is 3.59. The second-order valence-electron chi connectivity index (χ2n) is 5.64. The Labute approximate surface area is 119 Å². The molecule has 3 aromatic rings. The Balaban J connectivity index is 1.78. The van der Waals surface area contributed by atoms with Gasteiger partial charge in [-0.1, -0.05) is 29.8 Å². The number of nitrogens with one attached hydrogen (secondary N) is 1. The van der Waals surface area contributed by atoms with Crippen LogP contribution in [0.1, 0.15) is 16.8 Å². The lowest BCUT2D eigenvalue weighted by molar-refractivity contribution is 0.726. The fraction of sp³-hybridized carbons (Fsp3) is 0.222. The van der Waals surface area contributed by atoms with E-state index < -0.39 is 0 Å². The van der Waals surface area contributed by atoms with Gasteiger partial charge in [-0.15, -0.1) is 0 Å². The summed E-state index contributed by atoms with van der Waals surface area (Å²) >= 11 is 0. The second kappa shape index (κ2) is 4.41. The van der Waals surface area contributed by atoms with Crippen LogP contribution in [0.5, 0.6) is 0 Å². The molecule has 0 unspecified atom stereocenters. The molecule has 1 aromatic heterocycles. The van der Waals surface area contributed by atoms with E-state index in [0.29, 0.717) is 0 Å². The van der Waals surface area contributed by atoms with Gasteiger partial charge in [-0.05, 0) is 31.2 Å². The van der Waals surface area contributed by atoms with Gasteiger partial charge in [0.25, 0.3) is 0 Å². The van der Waals surface area contributed by atoms with Gasteiger partial charge in [0.05, 0.1) is 0 Å². The van der Waals surface area contributed by atoms with Crippen LogP contribution in [0.4, 0.5) is 5.69 Å². The third kappa shape index (κ3) is 1.80. The highest BCUT2D eigenvalue weighted by Gasteiger charge is 2.20. The summed E-state index contributed by atoms with van der Waals surface area (Å²) in [5, 5.41) is 1.39. The summed E-state index contributed by atoms with van der Waals surface area (Å²) in [5.74, 6) is 0. The van der Waals surface area contributed by atoms with Crippen LogP contribution in [0.15, 0.2) is 48.5 Å². The molecule has 0 amide bonds. The maximum Gasteiger partial charge on any atom is 0.0459 e. The van der Waals surface area contributed by atoms with Crippen LogP contribution in [0.3, 0.4) is 0 Å². The largest absolute Gasteiger partial charge is 0.367 e. The molecule has 0 fully saturated rings. The van der Waals surface area contributed by atoms with Crippen molar-refractivity contribution in [3.8, 4) is 0 Å². The summed E-state index contributed by atoms with van der Waals surface area (Å²) in [6, 6.07) is 17.4. The molecule has 2 nitrogen and oxygen atoms in total. The van der Waals surface area contributed by atoms with Crippen molar-refractivity contribution in [1.29, 1.82) is 0 Å². The Kier molecular flexibility index (Phi) is 2.56. The molecule has 20 heavy (non-hydrogen) atoms. The number of fused-ring (bicyclic) bond motifs is 3. The summed E-state index contributed by atoms with van der Waals surface area (Å²) in [6.45, 7) is 4.25. The Hall–Kier alpha value is -2.22. The first-order chi connectivity index (χ1) is 9.81. The summed E-state index contributed by atoms with van der Waals surface area (Å²) < 4.78 is 0. The van der Waals surface area contributed by atoms with Crippen molar-refractivity contribution in [3.05, 3.63) is 65.4 Å². The van der Waals surface area contributed by atoms with Crippen LogP contribution < -0.4 is 4.90 Å². The first-order valence-electron chi connectivity index (χ1n) is 7.21. The minimum Gasteiger partial charge on any atom is -0.367 e. The Morgan fingerprint density at radius 1 is 1.05 bits per heavy atom. The van der Waals surface area contributed by atoms with Gasteiger partial charge in [-0.25, -0.2) is 0 Å². The number of H-pyrrole nitrogens is 1. The van der Waals surface area contributed by atoms with Crippen molar-refractivity contribution in [3.63, 3.8) is 0 Å². The van der Waals surface area contributed by atoms with Gasteiger partial charge in [0.1, 0.15) is 0 Å². The van der Waals surface area contributed by atoms with Crippen molar-refractivity contribution < 1.29 is 0 Å². The van der Waals surface area contributed by atoms with Crippen molar-refractivity contribution in [1.82, 2.24) is 4.98 Å². The zero-order chi connectivity index (χ0) is 13.5. The van der Waals surface area contributed by atoms with Crippen LogP contribution in [0.2, 0.25) is 0 Å². The van der Waals surface area contributed by atoms with Gasteiger partial charge in [0.2, 0.25) is 0 Å². The van der Waals surface area contributed by atoms with E-state index >= 15 is 0 Å². The molecule has 100 valence electrons. The molecule has 1 aliphatic heterocycles. The number of para-hydroxylation sites is 1.